The predicted molar refractivity (Wildman–Crippen MR) is 67.4 cm³/mol. The van der Waals surface area contributed by atoms with Gasteiger partial charge in [-0.2, -0.15) is 18.3 Å². The lowest BCUT2D eigenvalue weighted by Crippen LogP contribution is -2.08. The molecule has 8 heteroatoms. The number of aryl methyl sites for hydroxylation is 1. The van der Waals surface area contributed by atoms with Gasteiger partial charge in [0.2, 0.25) is 0 Å². The minimum absolute atomic E-state index is 0.114. The Morgan fingerprint density at radius 2 is 1.95 bits per heavy atom. The van der Waals surface area contributed by atoms with Crippen LogP contribution in [0.3, 0.4) is 0 Å². The summed E-state index contributed by atoms with van der Waals surface area (Å²) in [6, 6.07) is 1.83. The van der Waals surface area contributed by atoms with Crippen LogP contribution in [0.2, 0.25) is 0 Å². The molecule has 0 atom stereocenters. The molecular formula is C11H9BrF3N3O. The molecule has 0 aliphatic rings. The fraction of sp³-hybridized carbons (Fsp3) is 0.182. The normalized spacial score (nSPS) is 11.8. The van der Waals surface area contributed by atoms with Gasteiger partial charge in [-0.15, -0.1) is 0 Å². The number of aromatic hydroxyl groups is 1. The Balaban J connectivity index is 2.75. The second-order valence-electron chi connectivity index (χ2n) is 3.91. The second kappa shape index (κ2) is 4.44. The molecule has 4 nitrogen and oxygen atoms in total. The number of hydrogen-bond acceptors (Lipinski definition) is 3. The first kappa shape index (κ1) is 13.7. The number of alkyl halides is 3. The number of nitrogens with two attached hydrogens (primary N) is 1. The SMILES string of the molecule is Cn1ncc(-c2cc(Br)c(O)cc2C(F)(F)F)c1N. The van der Waals surface area contributed by atoms with E-state index in [9.17, 15) is 18.3 Å². The van der Waals surface area contributed by atoms with E-state index in [1.165, 1.54) is 24.0 Å². The van der Waals surface area contributed by atoms with Crippen LogP contribution in [0, 0.1) is 0 Å². The van der Waals surface area contributed by atoms with E-state index >= 15 is 0 Å². The maximum atomic E-state index is 13.0. The number of nitrogens with zero attached hydrogens (tertiary/aromatic N) is 2. The van der Waals surface area contributed by atoms with Gasteiger partial charge < -0.3 is 10.8 Å². The zero-order valence-corrected chi connectivity index (χ0v) is 11.2. The third-order valence-electron chi connectivity index (χ3n) is 2.67. The Morgan fingerprint density at radius 3 is 2.42 bits per heavy atom. The molecule has 102 valence electrons. The van der Waals surface area contributed by atoms with Crippen LogP contribution >= 0.6 is 15.9 Å². The highest BCUT2D eigenvalue weighted by molar-refractivity contribution is 9.10. The van der Waals surface area contributed by atoms with Crippen molar-refractivity contribution in [3.05, 3.63) is 28.4 Å². The van der Waals surface area contributed by atoms with E-state index < -0.39 is 17.5 Å². The van der Waals surface area contributed by atoms with Crippen molar-refractivity contribution in [3.63, 3.8) is 0 Å². The summed E-state index contributed by atoms with van der Waals surface area (Å²) in [5.41, 5.74) is 4.75. The lowest BCUT2D eigenvalue weighted by Gasteiger charge is -2.14. The maximum absolute atomic E-state index is 13.0. The van der Waals surface area contributed by atoms with Gasteiger partial charge in [-0.3, -0.25) is 4.68 Å². The Hall–Kier alpha value is -1.70. The van der Waals surface area contributed by atoms with Gasteiger partial charge in [-0.1, -0.05) is 0 Å². The summed E-state index contributed by atoms with van der Waals surface area (Å²) in [6.45, 7) is 0. The lowest BCUT2D eigenvalue weighted by atomic mass is 10.0. The van der Waals surface area contributed by atoms with Crippen LogP contribution in [-0.2, 0) is 13.2 Å². The molecule has 2 aromatic rings. The molecule has 0 bridgehead atoms. The number of rotatable bonds is 1. The molecule has 0 aliphatic heterocycles. The van der Waals surface area contributed by atoms with Gasteiger partial charge in [0.25, 0.3) is 0 Å². The zero-order valence-electron chi connectivity index (χ0n) is 9.66. The van der Waals surface area contributed by atoms with Gasteiger partial charge in [-0.05, 0) is 28.1 Å². The molecule has 1 aromatic heterocycles. The quantitative estimate of drug-likeness (QED) is 0.841. The lowest BCUT2D eigenvalue weighted by molar-refractivity contribution is -0.137. The molecule has 19 heavy (non-hydrogen) atoms. The van der Waals surface area contributed by atoms with E-state index in [0.717, 1.165) is 0 Å². The van der Waals surface area contributed by atoms with E-state index in [1.807, 2.05) is 0 Å². The molecule has 0 fully saturated rings. The zero-order chi connectivity index (χ0) is 14.4. The number of nitrogen functional groups attached to an aromatic ring is 1. The fourth-order valence-corrected chi connectivity index (χ4v) is 2.02. The third-order valence-corrected chi connectivity index (χ3v) is 3.30. The van der Waals surface area contributed by atoms with Crippen LogP contribution in [0.15, 0.2) is 22.8 Å². The number of benzene rings is 1. The average Bonchev–Trinajstić information content (AvgIpc) is 2.62. The molecule has 3 N–H and O–H groups in total. The Morgan fingerprint density at radius 1 is 1.32 bits per heavy atom. The molecule has 0 radical (unpaired) electrons. The number of aromatic nitrogens is 2. The van der Waals surface area contributed by atoms with Crippen molar-refractivity contribution in [3.8, 4) is 16.9 Å². The highest BCUT2D eigenvalue weighted by atomic mass is 79.9. The summed E-state index contributed by atoms with van der Waals surface area (Å²) in [4.78, 5) is 0. The summed E-state index contributed by atoms with van der Waals surface area (Å²) >= 11 is 2.99. The van der Waals surface area contributed by atoms with Crippen molar-refractivity contribution < 1.29 is 18.3 Å². The van der Waals surface area contributed by atoms with E-state index in [1.54, 1.807) is 0 Å². The molecule has 1 aromatic carbocycles. The highest BCUT2D eigenvalue weighted by Crippen LogP contribution is 2.43. The topological polar surface area (TPSA) is 64.1 Å². The minimum Gasteiger partial charge on any atom is -0.507 e. The van der Waals surface area contributed by atoms with E-state index in [2.05, 4.69) is 21.0 Å². The van der Waals surface area contributed by atoms with Crippen molar-refractivity contribution in [1.29, 1.82) is 0 Å². The molecule has 1 heterocycles. The van der Waals surface area contributed by atoms with Crippen LogP contribution in [0.5, 0.6) is 5.75 Å². The van der Waals surface area contributed by atoms with Gasteiger partial charge in [0.15, 0.2) is 0 Å². The van der Waals surface area contributed by atoms with Gasteiger partial charge >= 0.3 is 6.18 Å². The van der Waals surface area contributed by atoms with Crippen LogP contribution in [0.25, 0.3) is 11.1 Å². The van der Waals surface area contributed by atoms with E-state index in [0.29, 0.717) is 6.07 Å². The van der Waals surface area contributed by atoms with Gasteiger partial charge in [-0.25, -0.2) is 0 Å². The highest BCUT2D eigenvalue weighted by Gasteiger charge is 2.35. The number of phenolic OH excluding ortho intramolecular Hbond substituents is 1. The summed E-state index contributed by atoms with van der Waals surface area (Å²) in [5.74, 6) is -0.373. The summed E-state index contributed by atoms with van der Waals surface area (Å²) in [6.07, 6.45) is -3.35. The maximum Gasteiger partial charge on any atom is 0.417 e. The summed E-state index contributed by atoms with van der Waals surface area (Å²) in [5, 5.41) is 13.2. The summed E-state index contributed by atoms with van der Waals surface area (Å²) < 4.78 is 40.4. The summed E-state index contributed by atoms with van der Waals surface area (Å²) in [7, 11) is 1.53. The van der Waals surface area contributed by atoms with Crippen LogP contribution in [0.1, 0.15) is 5.56 Å². The van der Waals surface area contributed by atoms with Crippen LogP contribution in [-0.4, -0.2) is 14.9 Å². The van der Waals surface area contributed by atoms with Gasteiger partial charge in [0.05, 0.1) is 16.2 Å². The van der Waals surface area contributed by atoms with Crippen molar-refractivity contribution in [2.75, 3.05) is 5.73 Å². The van der Waals surface area contributed by atoms with Crippen molar-refractivity contribution in [2.45, 2.75) is 6.18 Å². The van der Waals surface area contributed by atoms with Crippen molar-refractivity contribution >= 4 is 21.7 Å². The molecule has 2 rings (SSSR count). The average molecular weight is 336 g/mol. The monoisotopic (exact) mass is 335 g/mol. The van der Waals surface area contributed by atoms with Crippen LogP contribution < -0.4 is 5.73 Å². The third kappa shape index (κ3) is 2.40. The number of phenols is 1. The van der Waals surface area contributed by atoms with Gasteiger partial charge in [0.1, 0.15) is 11.6 Å². The van der Waals surface area contributed by atoms with Crippen LogP contribution in [0.4, 0.5) is 19.0 Å². The first-order valence-electron chi connectivity index (χ1n) is 5.09. The largest absolute Gasteiger partial charge is 0.507 e. The molecule has 0 saturated heterocycles. The van der Waals surface area contributed by atoms with Crippen molar-refractivity contribution in [1.82, 2.24) is 9.78 Å². The van der Waals surface area contributed by atoms with Crippen molar-refractivity contribution in [2.24, 2.45) is 7.05 Å². The standard InChI is InChI=1S/C11H9BrF3N3O/c1-18-10(16)6(4-17-18)5-2-8(12)9(19)3-7(5)11(13,14)15/h2-4,19H,16H2,1H3. The smallest absolute Gasteiger partial charge is 0.417 e. The Kier molecular flexibility index (Phi) is 3.21. The predicted octanol–water partition coefficient (Wildman–Crippen LogP) is 3.16. The van der Waals surface area contributed by atoms with Gasteiger partial charge in [0, 0.05) is 18.2 Å². The Labute approximate surface area is 114 Å². The second-order valence-corrected chi connectivity index (χ2v) is 4.77. The molecule has 0 aliphatic carbocycles. The minimum atomic E-state index is -4.60. The molecule has 0 saturated carbocycles. The first-order chi connectivity index (χ1) is 8.71. The molecule has 0 amide bonds. The number of halogens is 4. The fourth-order valence-electron chi connectivity index (χ4n) is 1.67. The number of anilines is 1. The first-order valence-corrected chi connectivity index (χ1v) is 5.88. The molecule has 0 unspecified atom stereocenters. The van der Waals surface area contributed by atoms with E-state index in [-0.39, 0.29) is 21.4 Å². The molecular weight excluding hydrogens is 327 g/mol. The number of hydrogen-bond donors (Lipinski definition) is 2. The van der Waals surface area contributed by atoms with E-state index in [4.69, 9.17) is 5.73 Å². The molecule has 0 spiro atoms. The Bertz CT molecular complexity index is 637.